The van der Waals surface area contributed by atoms with E-state index in [0.29, 0.717) is 0 Å². The van der Waals surface area contributed by atoms with Gasteiger partial charge in [0.2, 0.25) is 6.29 Å². The summed E-state index contributed by atoms with van der Waals surface area (Å²) < 4.78 is 14.3. The van der Waals surface area contributed by atoms with Crippen LogP contribution < -0.4 is 0 Å². The van der Waals surface area contributed by atoms with Gasteiger partial charge in [-0.05, 0) is 6.42 Å². The third kappa shape index (κ3) is 7.81. The van der Waals surface area contributed by atoms with Gasteiger partial charge in [-0.2, -0.15) is 0 Å². The monoisotopic (exact) mass is 260 g/mol. The van der Waals surface area contributed by atoms with Crippen molar-refractivity contribution < 1.29 is 28.9 Å². The number of ether oxygens (including phenoxy) is 3. The third-order valence-corrected chi connectivity index (χ3v) is 2.17. The first-order valence-electron chi connectivity index (χ1n) is 5.76. The molecule has 0 fully saturated rings. The van der Waals surface area contributed by atoms with Crippen LogP contribution in [-0.4, -0.2) is 43.2 Å². The molecule has 0 amide bonds. The second-order valence-electron chi connectivity index (χ2n) is 3.65. The standard InChI is InChI=1S/C12H20O6/c1-4-9(3)12(15)17-7-6-16-8-11(14)18-10(13)5-2/h5,9,11,14H,2,4,6-8H2,1,3H3. The van der Waals surface area contributed by atoms with Gasteiger partial charge in [0.1, 0.15) is 13.2 Å². The Labute approximate surface area is 107 Å². The molecule has 0 rings (SSSR count). The van der Waals surface area contributed by atoms with Gasteiger partial charge in [-0.15, -0.1) is 0 Å². The molecule has 0 aromatic carbocycles. The molecule has 0 aromatic rings. The highest BCUT2D eigenvalue weighted by atomic mass is 16.7. The van der Waals surface area contributed by atoms with Gasteiger partial charge in [-0.25, -0.2) is 4.79 Å². The molecular weight excluding hydrogens is 240 g/mol. The van der Waals surface area contributed by atoms with E-state index in [1.807, 2.05) is 6.92 Å². The largest absolute Gasteiger partial charge is 0.463 e. The van der Waals surface area contributed by atoms with Gasteiger partial charge < -0.3 is 19.3 Å². The summed E-state index contributed by atoms with van der Waals surface area (Å²) in [6.45, 7) is 6.91. The molecule has 0 radical (unpaired) electrons. The minimum Gasteiger partial charge on any atom is -0.463 e. The van der Waals surface area contributed by atoms with Crippen molar-refractivity contribution in [1.29, 1.82) is 0 Å². The number of aliphatic hydroxyl groups excluding tert-OH is 1. The molecule has 6 heteroatoms. The summed E-state index contributed by atoms with van der Waals surface area (Å²) in [5, 5.41) is 9.16. The summed E-state index contributed by atoms with van der Waals surface area (Å²) in [7, 11) is 0. The van der Waals surface area contributed by atoms with E-state index in [9.17, 15) is 9.59 Å². The molecule has 0 aliphatic rings. The molecule has 2 unspecified atom stereocenters. The molecule has 0 saturated carbocycles. The first-order valence-corrected chi connectivity index (χ1v) is 5.76. The molecule has 18 heavy (non-hydrogen) atoms. The van der Waals surface area contributed by atoms with E-state index < -0.39 is 12.3 Å². The number of aliphatic hydroxyl groups is 1. The minimum atomic E-state index is -1.35. The van der Waals surface area contributed by atoms with Crippen molar-refractivity contribution in [1.82, 2.24) is 0 Å². The lowest BCUT2D eigenvalue weighted by Gasteiger charge is -2.12. The van der Waals surface area contributed by atoms with Crippen LogP contribution in [0.5, 0.6) is 0 Å². The Hall–Kier alpha value is -1.40. The zero-order valence-electron chi connectivity index (χ0n) is 10.8. The first-order chi connectivity index (χ1) is 8.51. The van der Waals surface area contributed by atoms with Crippen molar-refractivity contribution in [2.24, 2.45) is 5.92 Å². The lowest BCUT2D eigenvalue weighted by atomic mass is 10.1. The lowest BCUT2D eigenvalue weighted by Crippen LogP contribution is -2.24. The molecule has 0 heterocycles. The second-order valence-corrected chi connectivity index (χ2v) is 3.65. The Kier molecular flexibility index (Phi) is 8.86. The molecule has 0 aliphatic carbocycles. The molecular formula is C12H20O6. The van der Waals surface area contributed by atoms with Crippen molar-refractivity contribution in [3.8, 4) is 0 Å². The number of esters is 2. The number of carbonyl (C=O) groups is 2. The zero-order valence-corrected chi connectivity index (χ0v) is 10.8. The second kappa shape index (κ2) is 9.61. The van der Waals surface area contributed by atoms with Crippen LogP contribution in [0.15, 0.2) is 12.7 Å². The van der Waals surface area contributed by atoms with Crippen LogP contribution >= 0.6 is 0 Å². The molecule has 0 aromatic heterocycles. The molecule has 0 spiro atoms. The topological polar surface area (TPSA) is 82.1 Å². The predicted molar refractivity (Wildman–Crippen MR) is 63.5 cm³/mol. The van der Waals surface area contributed by atoms with Crippen LogP contribution in [0.2, 0.25) is 0 Å². The summed E-state index contributed by atoms with van der Waals surface area (Å²) >= 11 is 0. The van der Waals surface area contributed by atoms with E-state index in [0.717, 1.165) is 12.5 Å². The number of hydrogen-bond donors (Lipinski definition) is 1. The van der Waals surface area contributed by atoms with Gasteiger partial charge in [0.25, 0.3) is 0 Å². The summed E-state index contributed by atoms with van der Waals surface area (Å²) in [6.07, 6.45) is 0.313. The first kappa shape index (κ1) is 16.6. The van der Waals surface area contributed by atoms with Gasteiger partial charge in [-0.1, -0.05) is 20.4 Å². The predicted octanol–water partition coefficient (Wildman–Crippen LogP) is 0.640. The minimum absolute atomic E-state index is 0.102. The lowest BCUT2D eigenvalue weighted by molar-refractivity contribution is -0.172. The highest BCUT2D eigenvalue weighted by Gasteiger charge is 2.12. The van der Waals surface area contributed by atoms with Crippen LogP contribution in [-0.2, 0) is 23.8 Å². The SMILES string of the molecule is C=CC(=O)OC(O)COCCOC(=O)C(C)CC. The highest BCUT2D eigenvalue weighted by molar-refractivity contribution is 5.81. The average molecular weight is 260 g/mol. The Morgan fingerprint density at radius 1 is 1.39 bits per heavy atom. The van der Waals surface area contributed by atoms with Crippen molar-refractivity contribution in [3.63, 3.8) is 0 Å². The normalized spacial score (nSPS) is 13.5. The summed E-state index contributed by atoms with van der Waals surface area (Å²) in [6, 6.07) is 0. The van der Waals surface area contributed by atoms with Gasteiger partial charge in [0.15, 0.2) is 0 Å². The van der Waals surface area contributed by atoms with Gasteiger partial charge in [0.05, 0.1) is 12.5 Å². The van der Waals surface area contributed by atoms with Crippen LogP contribution in [0.25, 0.3) is 0 Å². The van der Waals surface area contributed by atoms with Crippen molar-refractivity contribution in [2.45, 2.75) is 26.6 Å². The maximum Gasteiger partial charge on any atom is 0.332 e. The fourth-order valence-electron chi connectivity index (χ4n) is 0.910. The van der Waals surface area contributed by atoms with E-state index in [2.05, 4.69) is 11.3 Å². The van der Waals surface area contributed by atoms with Crippen LogP contribution in [0.3, 0.4) is 0 Å². The van der Waals surface area contributed by atoms with Crippen LogP contribution in [0.1, 0.15) is 20.3 Å². The van der Waals surface area contributed by atoms with E-state index in [1.54, 1.807) is 6.92 Å². The molecule has 0 aliphatic heterocycles. The van der Waals surface area contributed by atoms with E-state index in [-0.39, 0.29) is 31.7 Å². The zero-order chi connectivity index (χ0) is 14.0. The fraction of sp³-hybridized carbons (Fsp3) is 0.667. The number of carbonyl (C=O) groups excluding carboxylic acids is 2. The third-order valence-electron chi connectivity index (χ3n) is 2.17. The van der Waals surface area contributed by atoms with Gasteiger partial charge in [-0.3, -0.25) is 4.79 Å². The Balaban J connectivity index is 3.53. The van der Waals surface area contributed by atoms with Crippen molar-refractivity contribution >= 4 is 11.9 Å². The van der Waals surface area contributed by atoms with Crippen molar-refractivity contribution in [2.75, 3.05) is 19.8 Å². The highest BCUT2D eigenvalue weighted by Crippen LogP contribution is 2.02. The Morgan fingerprint density at radius 3 is 2.61 bits per heavy atom. The molecule has 104 valence electrons. The molecule has 0 saturated heterocycles. The molecule has 2 atom stereocenters. The Morgan fingerprint density at radius 2 is 2.06 bits per heavy atom. The maximum atomic E-state index is 11.2. The van der Waals surface area contributed by atoms with E-state index in [1.165, 1.54) is 0 Å². The molecule has 6 nitrogen and oxygen atoms in total. The summed E-state index contributed by atoms with van der Waals surface area (Å²) in [5.74, 6) is -1.14. The Bertz CT molecular complexity index is 276. The number of rotatable bonds is 9. The summed E-state index contributed by atoms with van der Waals surface area (Å²) in [5.41, 5.74) is 0. The fourth-order valence-corrected chi connectivity index (χ4v) is 0.910. The van der Waals surface area contributed by atoms with Crippen LogP contribution in [0, 0.1) is 5.92 Å². The molecule has 1 N–H and O–H groups in total. The maximum absolute atomic E-state index is 11.2. The van der Waals surface area contributed by atoms with Gasteiger partial charge >= 0.3 is 11.9 Å². The average Bonchev–Trinajstić information content (AvgIpc) is 2.36. The van der Waals surface area contributed by atoms with Gasteiger partial charge in [0, 0.05) is 6.08 Å². The quantitative estimate of drug-likeness (QED) is 0.283. The van der Waals surface area contributed by atoms with Crippen molar-refractivity contribution in [3.05, 3.63) is 12.7 Å². The smallest absolute Gasteiger partial charge is 0.332 e. The van der Waals surface area contributed by atoms with E-state index >= 15 is 0 Å². The summed E-state index contributed by atoms with van der Waals surface area (Å²) in [4.78, 5) is 21.9. The molecule has 0 bridgehead atoms. The van der Waals surface area contributed by atoms with Crippen LogP contribution in [0.4, 0.5) is 0 Å². The number of hydrogen-bond acceptors (Lipinski definition) is 6. The van der Waals surface area contributed by atoms with E-state index in [4.69, 9.17) is 14.6 Å².